The van der Waals surface area contributed by atoms with Crippen molar-refractivity contribution in [2.24, 2.45) is 0 Å². The van der Waals surface area contributed by atoms with Crippen LogP contribution in [0, 0.1) is 13.8 Å². The highest BCUT2D eigenvalue weighted by Gasteiger charge is 2.29. The molecular formula is C20H21N3O3. The van der Waals surface area contributed by atoms with Crippen LogP contribution in [0.5, 0.6) is 0 Å². The monoisotopic (exact) mass is 351 g/mol. The third kappa shape index (κ3) is 3.03. The first-order valence-electron chi connectivity index (χ1n) is 8.83. The van der Waals surface area contributed by atoms with Gasteiger partial charge in [0.2, 0.25) is 5.89 Å². The van der Waals surface area contributed by atoms with Crippen molar-refractivity contribution >= 4 is 5.97 Å². The van der Waals surface area contributed by atoms with Gasteiger partial charge in [0, 0.05) is 23.0 Å². The summed E-state index contributed by atoms with van der Waals surface area (Å²) in [5.74, 6) is 0.334. The number of aromatic nitrogens is 3. The number of carbonyl (C=O) groups is 1. The Labute approximate surface area is 151 Å². The second kappa shape index (κ2) is 6.44. The summed E-state index contributed by atoms with van der Waals surface area (Å²) >= 11 is 0. The molecular weight excluding hydrogens is 330 g/mol. The van der Waals surface area contributed by atoms with Gasteiger partial charge in [-0.05, 0) is 51.8 Å². The Morgan fingerprint density at radius 3 is 2.65 bits per heavy atom. The molecule has 0 amide bonds. The average Bonchev–Trinajstić information content (AvgIpc) is 3.25. The van der Waals surface area contributed by atoms with Crippen LogP contribution in [0.4, 0.5) is 0 Å². The normalized spacial score (nSPS) is 15.0. The number of benzene rings is 1. The molecule has 1 saturated carbocycles. The fourth-order valence-electron chi connectivity index (χ4n) is 3.25. The molecule has 0 bridgehead atoms. The zero-order chi connectivity index (χ0) is 18.3. The number of carbonyl (C=O) groups excluding carboxylic acids is 1. The number of hydrogen-bond donors (Lipinski definition) is 0. The summed E-state index contributed by atoms with van der Waals surface area (Å²) in [4.78, 5) is 12.6. The molecule has 2 aromatic heterocycles. The summed E-state index contributed by atoms with van der Waals surface area (Å²) in [7, 11) is 0. The Kier molecular flexibility index (Phi) is 4.11. The van der Waals surface area contributed by atoms with Crippen LogP contribution in [0.3, 0.4) is 0 Å². The molecule has 3 aromatic rings. The van der Waals surface area contributed by atoms with Crippen LogP contribution in [-0.4, -0.2) is 20.7 Å². The van der Waals surface area contributed by atoms with E-state index in [1.165, 1.54) is 12.8 Å². The van der Waals surface area contributed by atoms with Gasteiger partial charge in [-0.2, -0.15) is 0 Å². The third-order valence-electron chi connectivity index (χ3n) is 4.71. The standard InChI is InChI=1S/C20H21N3O3/c1-12-11-17(13(2)23(12)16-9-10-16)20(24)25-14(3)18-21-22-19(26-18)15-7-5-4-6-8-15/h4-8,11,14,16H,9-10H2,1-3H3/t14-/m1/s1. The van der Waals surface area contributed by atoms with Gasteiger partial charge >= 0.3 is 5.97 Å². The largest absolute Gasteiger partial charge is 0.449 e. The lowest BCUT2D eigenvalue weighted by atomic mass is 10.2. The van der Waals surface area contributed by atoms with Gasteiger partial charge in [0.1, 0.15) is 0 Å². The molecule has 1 aliphatic rings. The Morgan fingerprint density at radius 2 is 1.96 bits per heavy atom. The molecule has 0 spiro atoms. The Hall–Kier alpha value is -2.89. The van der Waals surface area contributed by atoms with E-state index in [0.717, 1.165) is 17.0 Å². The van der Waals surface area contributed by atoms with E-state index in [-0.39, 0.29) is 11.9 Å². The first-order chi connectivity index (χ1) is 12.5. The van der Waals surface area contributed by atoms with Crippen LogP contribution < -0.4 is 0 Å². The van der Waals surface area contributed by atoms with Crippen molar-refractivity contribution < 1.29 is 13.9 Å². The number of rotatable bonds is 5. The lowest BCUT2D eigenvalue weighted by molar-refractivity contribution is 0.0279. The van der Waals surface area contributed by atoms with Gasteiger partial charge in [-0.3, -0.25) is 0 Å². The topological polar surface area (TPSA) is 70.2 Å². The minimum Gasteiger partial charge on any atom is -0.449 e. The van der Waals surface area contributed by atoms with Gasteiger partial charge in [-0.25, -0.2) is 4.79 Å². The van der Waals surface area contributed by atoms with E-state index in [1.807, 2.05) is 50.2 Å². The number of aryl methyl sites for hydroxylation is 1. The predicted octanol–water partition coefficient (Wildman–Crippen LogP) is 4.41. The SMILES string of the molecule is Cc1cc(C(=O)O[C@H](C)c2nnc(-c3ccccc3)o2)c(C)n1C1CC1. The average molecular weight is 351 g/mol. The molecule has 1 fully saturated rings. The lowest BCUT2D eigenvalue weighted by Crippen LogP contribution is -2.11. The molecule has 1 aromatic carbocycles. The maximum absolute atomic E-state index is 12.6. The molecule has 0 unspecified atom stereocenters. The molecule has 0 N–H and O–H groups in total. The fraction of sp³-hybridized carbons (Fsp3) is 0.350. The van der Waals surface area contributed by atoms with Crippen molar-refractivity contribution in [1.29, 1.82) is 0 Å². The molecule has 1 aliphatic carbocycles. The van der Waals surface area contributed by atoms with Crippen molar-refractivity contribution in [2.75, 3.05) is 0 Å². The molecule has 6 nitrogen and oxygen atoms in total. The molecule has 0 saturated heterocycles. The summed E-state index contributed by atoms with van der Waals surface area (Å²) in [5, 5.41) is 8.07. The molecule has 2 heterocycles. The van der Waals surface area contributed by atoms with E-state index in [1.54, 1.807) is 6.92 Å². The molecule has 6 heteroatoms. The maximum atomic E-state index is 12.6. The second-order valence-electron chi connectivity index (χ2n) is 6.74. The van der Waals surface area contributed by atoms with Crippen LogP contribution >= 0.6 is 0 Å². The van der Waals surface area contributed by atoms with Crippen molar-refractivity contribution in [2.45, 2.75) is 45.8 Å². The predicted molar refractivity (Wildman–Crippen MR) is 95.7 cm³/mol. The van der Waals surface area contributed by atoms with E-state index in [2.05, 4.69) is 14.8 Å². The van der Waals surface area contributed by atoms with E-state index in [4.69, 9.17) is 9.15 Å². The first kappa shape index (κ1) is 16.6. The summed E-state index contributed by atoms with van der Waals surface area (Å²) in [5.41, 5.74) is 3.48. The molecule has 26 heavy (non-hydrogen) atoms. The van der Waals surface area contributed by atoms with Crippen LogP contribution in [0.25, 0.3) is 11.5 Å². The van der Waals surface area contributed by atoms with Gasteiger partial charge in [-0.1, -0.05) is 18.2 Å². The van der Waals surface area contributed by atoms with E-state index in [0.29, 0.717) is 17.5 Å². The highest BCUT2D eigenvalue weighted by Crippen LogP contribution is 2.38. The Bertz CT molecular complexity index is 939. The molecule has 4 rings (SSSR count). The van der Waals surface area contributed by atoms with Gasteiger partial charge in [-0.15, -0.1) is 10.2 Å². The highest BCUT2D eigenvalue weighted by atomic mass is 16.6. The van der Waals surface area contributed by atoms with Gasteiger partial charge in [0.05, 0.1) is 5.56 Å². The van der Waals surface area contributed by atoms with E-state index < -0.39 is 6.10 Å². The van der Waals surface area contributed by atoms with Crippen LogP contribution in [0.1, 0.15) is 59.5 Å². The summed E-state index contributed by atoms with van der Waals surface area (Å²) in [6, 6.07) is 11.9. The third-order valence-corrected chi connectivity index (χ3v) is 4.71. The van der Waals surface area contributed by atoms with Crippen LogP contribution in [-0.2, 0) is 4.74 Å². The number of nitrogens with zero attached hydrogens (tertiary/aromatic N) is 3. The summed E-state index contributed by atoms with van der Waals surface area (Å²) < 4.78 is 13.5. The number of esters is 1. The van der Waals surface area contributed by atoms with Crippen molar-refractivity contribution in [1.82, 2.24) is 14.8 Å². The van der Waals surface area contributed by atoms with Crippen molar-refractivity contribution in [3.8, 4) is 11.5 Å². The smallest absolute Gasteiger partial charge is 0.340 e. The summed E-state index contributed by atoms with van der Waals surface area (Å²) in [6.45, 7) is 5.72. The minimum absolute atomic E-state index is 0.285. The van der Waals surface area contributed by atoms with Crippen LogP contribution in [0.15, 0.2) is 40.8 Å². The van der Waals surface area contributed by atoms with Gasteiger partial charge in [0.15, 0.2) is 6.10 Å². The summed E-state index contributed by atoms with van der Waals surface area (Å²) in [6.07, 6.45) is 1.73. The van der Waals surface area contributed by atoms with E-state index >= 15 is 0 Å². The Morgan fingerprint density at radius 1 is 1.23 bits per heavy atom. The second-order valence-corrected chi connectivity index (χ2v) is 6.74. The highest BCUT2D eigenvalue weighted by molar-refractivity contribution is 5.91. The Balaban J connectivity index is 1.50. The molecule has 0 aliphatic heterocycles. The van der Waals surface area contributed by atoms with Crippen molar-refractivity contribution in [3.63, 3.8) is 0 Å². The van der Waals surface area contributed by atoms with Crippen LogP contribution in [0.2, 0.25) is 0 Å². The molecule has 0 radical (unpaired) electrons. The minimum atomic E-state index is -0.614. The number of hydrogen-bond acceptors (Lipinski definition) is 5. The molecule has 1 atom stereocenters. The van der Waals surface area contributed by atoms with E-state index in [9.17, 15) is 4.79 Å². The van der Waals surface area contributed by atoms with Gasteiger partial charge < -0.3 is 13.7 Å². The fourth-order valence-corrected chi connectivity index (χ4v) is 3.25. The maximum Gasteiger partial charge on any atom is 0.340 e. The van der Waals surface area contributed by atoms with Crippen molar-refractivity contribution in [3.05, 3.63) is 59.2 Å². The van der Waals surface area contributed by atoms with Gasteiger partial charge in [0.25, 0.3) is 5.89 Å². The number of ether oxygens (including phenoxy) is 1. The zero-order valence-corrected chi connectivity index (χ0v) is 15.1. The zero-order valence-electron chi connectivity index (χ0n) is 15.1. The molecule has 134 valence electrons. The lowest BCUT2D eigenvalue weighted by Gasteiger charge is -2.10. The first-order valence-corrected chi connectivity index (χ1v) is 8.83. The quantitative estimate of drug-likeness (QED) is 0.637.